The monoisotopic (exact) mass is 430 g/mol. The minimum Gasteiger partial charge on any atom is -0.467 e. The standard InChI is InChI=1S/C21H42O5Si2/c1-16-13-14-20(23,17(22)24-8)21(15-16,25-27(9,10)18(2,3)4)26-28(11,12)19(5,6)7/h23H,1,13-15H2,2-12H3. The van der Waals surface area contributed by atoms with Crippen LogP contribution < -0.4 is 0 Å². The minimum absolute atomic E-state index is 0.118. The van der Waals surface area contributed by atoms with Gasteiger partial charge in [0.25, 0.3) is 0 Å². The zero-order valence-electron chi connectivity index (χ0n) is 19.9. The molecular weight excluding hydrogens is 388 g/mol. The fourth-order valence-corrected chi connectivity index (χ4v) is 5.84. The Labute approximate surface area is 174 Å². The van der Waals surface area contributed by atoms with Gasteiger partial charge in [-0.1, -0.05) is 53.7 Å². The summed E-state index contributed by atoms with van der Waals surface area (Å²) in [6.45, 7) is 25.4. The first-order chi connectivity index (χ1) is 12.2. The summed E-state index contributed by atoms with van der Waals surface area (Å²) in [5, 5.41) is 11.5. The lowest BCUT2D eigenvalue weighted by Gasteiger charge is -2.56. The van der Waals surface area contributed by atoms with Crippen molar-refractivity contribution in [1.82, 2.24) is 0 Å². The highest BCUT2D eigenvalue weighted by Gasteiger charge is 2.65. The zero-order chi connectivity index (χ0) is 22.4. The SMILES string of the molecule is C=C1CCC(O)(C(=O)OC)C(O[Si](C)(C)C(C)(C)C)(O[Si](C)(C)C(C)(C)C)C1. The van der Waals surface area contributed by atoms with E-state index in [9.17, 15) is 9.90 Å². The number of methoxy groups -OCH3 is 1. The van der Waals surface area contributed by atoms with Crippen LogP contribution in [0, 0.1) is 0 Å². The molecule has 0 amide bonds. The summed E-state index contributed by atoms with van der Waals surface area (Å²) < 4.78 is 18.7. The molecule has 1 fully saturated rings. The Hall–Kier alpha value is -0.476. The van der Waals surface area contributed by atoms with Gasteiger partial charge >= 0.3 is 5.97 Å². The Bertz CT molecular complexity index is 585. The third-order valence-electron chi connectivity index (χ3n) is 6.93. The molecule has 1 rings (SSSR count). The number of esters is 1. The maximum atomic E-state index is 12.9. The highest BCUT2D eigenvalue weighted by molar-refractivity contribution is 6.75. The summed E-state index contributed by atoms with van der Waals surface area (Å²) in [5.41, 5.74) is -0.945. The first kappa shape index (κ1) is 25.6. The molecule has 1 aliphatic carbocycles. The van der Waals surface area contributed by atoms with Crippen molar-refractivity contribution in [3.8, 4) is 0 Å². The number of ether oxygens (including phenoxy) is 1. The Morgan fingerprint density at radius 1 is 1.00 bits per heavy atom. The predicted molar refractivity (Wildman–Crippen MR) is 119 cm³/mol. The maximum Gasteiger partial charge on any atom is 0.343 e. The molecule has 7 heteroatoms. The molecule has 0 aromatic carbocycles. The second kappa shape index (κ2) is 7.65. The molecule has 0 saturated heterocycles. The van der Waals surface area contributed by atoms with Gasteiger partial charge in [0, 0.05) is 6.42 Å². The van der Waals surface area contributed by atoms with Crippen molar-refractivity contribution in [3.05, 3.63) is 12.2 Å². The van der Waals surface area contributed by atoms with E-state index in [2.05, 4.69) is 74.3 Å². The van der Waals surface area contributed by atoms with Crippen LogP contribution in [-0.2, 0) is 18.4 Å². The molecule has 0 spiro atoms. The molecule has 28 heavy (non-hydrogen) atoms. The van der Waals surface area contributed by atoms with Gasteiger partial charge in [0.15, 0.2) is 22.4 Å². The smallest absolute Gasteiger partial charge is 0.343 e. The largest absolute Gasteiger partial charge is 0.467 e. The highest BCUT2D eigenvalue weighted by atomic mass is 28.4. The highest BCUT2D eigenvalue weighted by Crippen LogP contribution is 2.52. The van der Waals surface area contributed by atoms with Crippen LogP contribution >= 0.6 is 0 Å². The van der Waals surface area contributed by atoms with E-state index in [1.54, 1.807) is 0 Å². The third-order valence-corrected chi connectivity index (χ3v) is 15.8. The van der Waals surface area contributed by atoms with E-state index in [0.717, 1.165) is 5.57 Å². The fourth-order valence-electron chi connectivity index (χ4n) is 2.93. The van der Waals surface area contributed by atoms with Gasteiger partial charge in [0.1, 0.15) is 0 Å². The lowest BCUT2D eigenvalue weighted by Crippen LogP contribution is -2.71. The molecule has 1 aliphatic rings. The molecule has 0 aromatic rings. The van der Waals surface area contributed by atoms with E-state index in [0.29, 0.717) is 6.42 Å². The molecule has 0 aromatic heterocycles. The van der Waals surface area contributed by atoms with Crippen LogP contribution in [0.4, 0.5) is 0 Å². The molecule has 0 aliphatic heterocycles. The number of hydrogen-bond acceptors (Lipinski definition) is 5. The molecule has 164 valence electrons. The Balaban J connectivity index is 3.69. The number of hydrogen-bond donors (Lipinski definition) is 1. The van der Waals surface area contributed by atoms with E-state index in [1.165, 1.54) is 7.11 Å². The van der Waals surface area contributed by atoms with Crippen LogP contribution in [0.25, 0.3) is 0 Å². The van der Waals surface area contributed by atoms with Crippen molar-refractivity contribution >= 4 is 22.6 Å². The van der Waals surface area contributed by atoms with Crippen molar-refractivity contribution < 1.29 is 23.5 Å². The van der Waals surface area contributed by atoms with E-state index in [4.69, 9.17) is 13.6 Å². The zero-order valence-corrected chi connectivity index (χ0v) is 21.9. The molecule has 0 radical (unpaired) electrons. The Kier molecular flexibility index (Phi) is 6.98. The van der Waals surface area contributed by atoms with Gasteiger partial charge in [-0.05, 0) is 49.1 Å². The minimum atomic E-state index is -2.41. The lowest BCUT2D eigenvalue weighted by molar-refractivity contribution is -0.264. The molecule has 0 heterocycles. The second-order valence-electron chi connectivity index (χ2n) is 11.3. The maximum absolute atomic E-state index is 12.9. The normalized spacial score (nSPS) is 24.2. The van der Waals surface area contributed by atoms with Crippen LogP contribution in [0.1, 0.15) is 60.8 Å². The number of aliphatic hydroxyl groups is 1. The molecule has 1 N–H and O–H groups in total. The summed E-state index contributed by atoms with van der Waals surface area (Å²) >= 11 is 0. The van der Waals surface area contributed by atoms with E-state index in [-0.39, 0.29) is 22.9 Å². The summed E-state index contributed by atoms with van der Waals surface area (Å²) in [7, 11) is -3.53. The molecular formula is C21H42O5Si2. The van der Waals surface area contributed by atoms with Gasteiger partial charge in [0.05, 0.1) is 7.11 Å². The average molecular weight is 431 g/mol. The van der Waals surface area contributed by atoms with Crippen LogP contribution in [0.15, 0.2) is 12.2 Å². The van der Waals surface area contributed by atoms with Crippen LogP contribution in [0.3, 0.4) is 0 Å². The van der Waals surface area contributed by atoms with E-state index < -0.39 is 34.0 Å². The summed E-state index contributed by atoms with van der Waals surface area (Å²) in [6, 6.07) is 0. The van der Waals surface area contributed by atoms with Crippen molar-refractivity contribution in [1.29, 1.82) is 0 Å². The van der Waals surface area contributed by atoms with Crippen molar-refractivity contribution in [3.63, 3.8) is 0 Å². The average Bonchev–Trinajstić information content (AvgIpc) is 2.47. The van der Waals surface area contributed by atoms with Gasteiger partial charge in [-0.3, -0.25) is 0 Å². The first-order valence-electron chi connectivity index (χ1n) is 10.1. The van der Waals surface area contributed by atoms with Crippen molar-refractivity contribution in [2.24, 2.45) is 0 Å². The predicted octanol–water partition coefficient (Wildman–Crippen LogP) is 5.37. The molecule has 1 unspecified atom stereocenters. The number of carbonyl (C=O) groups excluding carboxylic acids is 1. The van der Waals surface area contributed by atoms with Gasteiger partial charge in [-0.15, -0.1) is 0 Å². The van der Waals surface area contributed by atoms with E-state index in [1.807, 2.05) is 0 Å². The van der Waals surface area contributed by atoms with Gasteiger partial charge in [0.2, 0.25) is 5.60 Å². The molecule has 1 saturated carbocycles. The Morgan fingerprint density at radius 3 is 1.71 bits per heavy atom. The summed E-state index contributed by atoms with van der Waals surface area (Å²) in [4.78, 5) is 12.9. The van der Waals surface area contributed by atoms with Crippen LogP contribution in [0.5, 0.6) is 0 Å². The molecule has 1 atom stereocenters. The van der Waals surface area contributed by atoms with Gasteiger partial charge < -0.3 is 18.7 Å². The molecule has 0 bridgehead atoms. The van der Waals surface area contributed by atoms with Crippen LogP contribution in [-0.4, -0.2) is 46.2 Å². The fraction of sp³-hybridized carbons (Fsp3) is 0.857. The summed E-state index contributed by atoms with van der Waals surface area (Å²) in [6.07, 6.45) is 1.01. The number of rotatable bonds is 5. The Morgan fingerprint density at radius 2 is 1.39 bits per heavy atom. The number of carbonyl (C=O) groups is 1. The topological polar surface area (TPSA) is 65.0 Å². The molecule has 5 nitrogen and oxygen atoms in total. The van der Waals surface area contributed by atoms with Crippen LogP contribution in [0.2, 0.25) is 36.3 Å². The lowest BCUT2D eigenvalue weighted by atomic mass is 9.77. The van der Waals surface area contributed by atoms with Crippen molar-refractivity contribution in [2.75, 3.05) is 7.11 Å². The first-order valence-corrected chi connectivity index (χ1v) is 15.9. The van der Waals surface area contributed by atoms with Gasteiger partial charge in [-0.25, -0.2) is 4.79 Å². The third kappa shape index (κ3) is 4.64. The summed E-state index contributed by atoms with van der Waals surface area (Å²) in [5.74, 6) is -2.18. The van der Waals surface area contributed by atoms with Crippen molar-refractivity contribution in [2.45, 2.75) is 108 Å². The quantitative estimate of drug-likeness (QED) is 0.275. The van der Waals surface area contributed by atoms with E-state index >= 15 is 0 Å². The van der Waals surface area contributed by atoms with Gasteiger partial charge in [-0.2, -0.15) is 0 Å². The second-order valence-corrected chi connectivity index (χ2v) is 20.7.